The summed E-state index contributed by atoms with van der Waals surface area (Å²) in [7, 11) is 0. The SMILES string of the molecule is Cc1cccc(Oc2ccccc2NC(=O)NC(C)C2CC2)c1. The number of carbonyl (C=O) groups is 1. The van der Waals surface area contributed by atoms with Crippen LogP contribution in [-0.4, -0.2) is 12.1 Å². The van der Waals surface area contributed by atoms with Crippen LogP contribution in [0.15, 0.2) is 48.5 Å². The van der Waals surface area contributed by atoms with Gasteiger partial charge in [0.1, 0.15) is 5.75 Å². The van der Waals surface area contributed by atoms with Gasteiger partial charge in [0.05, 0.1) is 5.69 Å². The van der Waals surface area contributed by atoms with E-state index >= 15 is 0 Å². The quantitative estimate of drug-likeness (QED) is 0.840. The van der Waals surface area contributed by atoms with Gasteiger partial charge in [0.25, 0.3) is 0 Å². The molecule has 3 rings (SSSR count). The summed E-state index contributed by atoms with van der Waals surface area (Å²) in [5.41, 5.74) is 1.79. The molecule has 1 atom stereocenters. The highest BCUT2D eigenvalue weighted by Gasteiger charge is 2.28. The largest absolute Gasteiger partial charge is 0.455 e. The number of aryl methyl sites for hydroxylation is 1. The van der Waals surface area contributed by atoms with Gasteiger partial charge in [0.15, 0.2) is 5.75 Å². The minimum Gasteiger partial charge on any atom is -0.455 e. The molecule has 2 N–H and O–H groups in total. The second-order valence-electron chi connectivity index (χ2n) is 6.14. The van der Waals surface area contributed by atoms with Crippen LogP contribution in [0.3, 0.4) is 0 Å². The van der Waals surface area contributed by atoms with Crippen molar-refractivity contribution >= 4 is 11.7 Å². The van der Waals surface area contributed by atoms with Crippen molar-refractivity contribution in [1.82, 2.24) is 5.32 Å². The molecular weight excluding hydrogens is 288 g/mol. The molecule has 0 radical (unpaired) electrons. The molecule has 23 heavy (non-hydrogen) atoms. The Bertz CT molecular complexity index is 695. The molecule has 0 spiro atoms. The molecule has 1 aliphatic carbocycles. The highest BCUT2D eigenvalue weighted by molar-refractivity contribution is 5.91. The van der Waals surface area contributed by atoms with Crippen molar-refractivity contribution in [3.8, 4) is 11.5 Å². The minimum atomic E-state index is -0.190. The Hall–Kier alpha value is -2.49. The van der Waals surface area contributed by atoms with E-state index in [0.29, 0.717) is 17.4 Å². The highest BCUT2D eigenvalue weighted by atomic mass is 16.5. The van der Waals surface area contributed by atoms with Crippen molar-refractivity contribution in [3.05, 3.63) is 54.1 Å². The van der Waals surface area contributed by atoms with Crippen LogP contribution in [0.4, 0.5) is 10.5 Å². The normalized spacial score (nSPS) is 14.9. The number of para-hydroxylation sites is 2. The van der Waals surface area contributed by atoms with Crippen LogP contribution >= 0.6 is 0 Å². The monoisotopic (exact) mass is 310 g/mol. The first-order valence-electron chi connectivity index (χ1n) is 8.03. The summed E-state index contributed by atoms with van der Waals surface area (Å²) >= 11 is 0. The van der Waals surface area contributed by atoms with E-state index < -0.39 is 0 Å². The summed E-state index contributed by atoms with van der Waals surface area (Å²) in [6.45, 7) is 4.07. The van der Waals surface area contributed by atoms with Crippen molar-refractivity contribution < 1.29 is 9.53 Å². The molecular formula is C19H22N2O2. The Labute approximate surface area is 136 Å². The van der Waals surface area contributed by atoms with Gasteiger partial charge in [0.2, 0.25) is 0 Å². The minimum absolute atomic E-state index is 0.190. The predicted molar refractivity (Wildman–Crippen MR) is 92.0 cm³/mol. The molecule has 120 valence electrons. The Morgan fingerprint density at radius 2 is 1.96 bits per heavy atom. The summed E-state index contributed by atoms with van der Waals surface area (Å²) < 4.78 is 5.91. The standard InChI is InChI=1S/C19H22N2O2/c1-13-6-5-7-16(12-13)23-18-9-4-3-8-17(18)21-19(22)20-14(2)15-10-11-15/h3-9,12,14-15H,10-11H2,1-2H3,(H2,20,21,22). The first kappa shape index (κ1) is 15.4. The third kappa shape index (κ3) is 4.25. The zero-order valence-corrected chi connectivity index (χ0v) is 13.5. The lowest BCUT2D eigenvalue weighted by Crippen LogP contribution is -2.37. The van der Waals surface area contributed by atoms with Gasteiger partial charge >= 0.3 is 6.03 Å². The van der Waals surface area contributed by atoms with E-state index in [9.17, 15) is 4.79 Å². The van der Waals surface area contributed by atoms with Crippen molar-refractivity contribution in [3.63, 3.8) is 0 Å². The molecule has 4 heteroatoms. The second-order valence-corrected chi connectivity index (χ2v) is 6.14. The van der Waals surface area contributed by atoms with E-state index in [-0.39, 0.29) is 12.1 Å². The summed E-state index contributed by atoms with van der Waals surface area (Å²) in [4.78, 5) is 12.1. The molecule has 1 unspecified atom stereocenters. The zero-order chi connectivity index (χ0) is 16.2. The van der Waals surface area contributed by atoms with Gasteiger partial charge in [0, 0.05) is 6.04 Å². The predicted octanol–water partition coefficient (Wildman–Crippen LogP) is 4.71. The third-order valence-corrected chi connectivity index (χ3v) is 4.04. The Kier molecular flexibility index (Phi) is 4.51. The maximum Gasteiger partial charge on any atom is 0.319 e. The Balaban J connectivity index is 1.68. The fourth-order valence-electron chi connectivity index (χ4n) is 2.54. The Morgan fingerprint density at radius 1 is 1.17 bits per heavy atom. The smallest absolute Gasteiger partial charge is 0.319 e. The molecule has 1 saturated carbocycles. The zero-order valence-electron chi connectivity index (χ0n) is 13.5. The summed E-state index contributed by atoms with van der Waals surface area (Å²) in [5.74, 6) is 2.01. The lowest BCUT2D eigenvalue weighted by molar-refractivity contribution is 0.248. The second kappa shape index (κ2) is 6.73. The molecule has 1 aliphatic rings. The number of benzene rings is 2. The number of hydrogen-bond acceptors (Lipinski definition) is 2. The van der Waals surface area contributed by atoms with Crippen LogP contribution < -0.4 is 15.4 Å². The fourth-order valence-corrected chi connectivity index (χ4v) is 2.54. The van der Waals surface area contributed by atoms with E-state index in [1.165, 1.54) is 12.8 Å². The van der Waals surface area contributed by atoms with Gasteiger partial charge in [-0.15, -0.1) is 0 Å². The molecule has 2 amide bonds. The summed E-state index contributed by atoms with van der Waals surface area (Å²) in [6, 6.07) is 15.3. The van der Waals surface area contributed by atoms with Gasteiger partial charge in [-0.3, -0.25) is 0 Å². The van der Waals surface area contributed by atoms with Crippen LogP contribution in [0.25, 0.3) is 0 Å². The number of nitrogens with one attached hydrogen (secondary N) is 2. The number of hydrogen-bond donors (Lipinski definition) is 2. The van der Waals surface area contributed by atoms with E-state index in [1.807, 2.05) is 62.4 Å². The number of rotatable bonds is 5. The molecule has 1 fully saturated rings. The number of amides is 2. The molecule has 2 aromatic rings. The van der Waals surface area contributed by atoms with E-state index in [1.54, 1.807) is 0 Å². The maximum atomic E-state index is 12.1. The van der Waals surface area contributed by atoms with Gasteiger partial charge in [-0.1, -0.05) is 24.3 Å². The van der Waals surface area contributed by atoms with Crippen molar-refractivity contribution in [1.29, 1.82) is 0 Å². The molecule has 4 nitrogen and oxygen atoms in total. The lowest BCUT2D eigenvalue weighted by atomic mass is 10.2. The first-order chi connectivity index (χ1) is 11.1. The Morgan fingerprint density at radius 3 is 2.70 bits per heavy atom. The van der Waals surface area contributed by atoms with Crippen LogP contribution in [0, 0.1) is 12.8 Å². The van der Waals surface area contributed by atoms with Gasteiger partial charge in [-0.25, -0.2) is 4.79 Å². The van der Waals surface area contributed by atoms with Crippen LogP contribution in [0.2, 0.25) is 0 Å². The van der Waals surface area contributed by atoms with Crippen molar-refractivity contribution in [2.24, 2.45) is 5.92 Å². The first-order valence-corrected chi connectivity index (χ1v) is 8.03. The van der Waals surface area contributed by atoms with Gasteiger partial charge in [-0.05, 0) is 62.4 Å². The molecule has 0 heterocycles. The van der Waals surface area contributed by atoms with Crippen LogP contribution in [0.1, 0.15) is 25.3 Å². The molecule has 0 saturated heterocycles. The van der Waals surface area contributed by atoms with E-state index in [4.69, 9.17) is 4.74 Å². The van der Waals surface area contributed by atoms with Crippen molar-refractivity contribution in [2.45, 2.75) is 32.7 Å². The molecule has 0 aromatic heterocycles. The van der Waals surface area contributed by atoms with Gasteiger partial charge in [-0.2, -0.15) is 0 Å². The number of carbonyl (C=O) groups excluding carboxylic acids is 1. The molecule has 2 aromatic carbocycles. The molecule has 0 aliphatic heterocycles. The van der Waals surface area contributed by atoms with Crippen LogP contribution in [0.5, 0.6) is 11.5 Å². The number of anilines is 1. The summed E-state index contributed by atoms with van der Waals surface area (Å²) in [5, 5.41) is 5.87. The third-order valence-electron chi connectivity index (χ3n) is 4.04. The average molecular weight is 310 g/mol. The fraction of sp³-hybridized carbons (Fsp3) is 0.316. The van der Waals surface area contributed by atoms with E-state index in [0.717, 1.165) is 11.3 Å². The highest BCUT2D eigenvalue weighted by Crippen LogP contribution is 2.33. The number of ether oxygens (including phenoxy) is 1. The maximum absolute atomic E-state index is 12.1. The molecule has 0 bridgehead atoms. The van der Waals surface area contributed by atoms with Crippen molar-refractivity contribution in [2.75, 3.05) is 5.32 Å². The average Bonchev–Trinajstić information content (AvgIpc) is 3.34. The van der Waals surface area contributed by atoms with Gasteiger partial charge < -0.3 is 15.4 Å². The van der Waals surface area contributed by atoms with Crippen LogP contribution in [-0.2, 0) is 0 Å². The number of urea groups is 1. The van der Waals surface area contributed by atoms with E-state index in [2.05, 4.69) is 10.6 Å². The summed E-state index contributed by atoms with van der Waals surface area (Å²) in [6.07, 6.45) is 2.41. The lowest BCUT2D eigenvalue weighted by Gasteiger charge is -2.16. The topological polar surface area (TPSA) is 50.4 Å².